The minimum absolute atomic E-state index is 0.372. The second kappa shape index (κ2) is 6.28. The minimum atomic E-state index is -0.504. The van der Waals surface area contributed by atoms with Crippen LogP contribution in [0.3, 0.4) is 0 Å². The Hall–Kier alpha value is -1.51. The summed E-state index contributed by atoms with van der Waals surface area (Å²) >= 11 is 1.58. The van der Waals surface area contributed by atoms with Crippen LogP contribution in [0.2, 0.25) is 0 Å². The highest BCUT2D eigenvalue weighted by Crippen LogP contribution is 2.06. The first-order chi connectivity index (χ1) is 7.97. The Balaban J connectivity index is 2.18. The Kier molecular flexibility index (Phi) is 5.01. The number of carbonyl (C=O) groups excluding carboxylic acids is 1. The topological polar surface area (TPSA) is 50.4 Å². The monoisotopic (exact) mass is 252 g/mol. The van der Waals surface area contributed by atoms with Crippen LogP contribution in [-0.2, 0) is 4.74 Å². The van der Waals surface area contributed by atoms with E-state index < -0.39 is 11.7 Å². The molecule has 0 atom stereocenters. The smallest absolute Gasteiger partial charge is 0.422 e. The number of hydrogen-bond acceptors (Lipinski definition) is 4. The van der Waals surface area contributed by atoms with Gasteiger partial charge in [-0.3, -0.25) is 5.43 Å². The van der Waals surface area contributed by atoms with Gasteiger partial charge in [-0.25, -0.2) is 10.2 Å². The largest absolute Gasteiger partial charge is 0.443 e. The number of amides is 1. The Morgan fingerprint density at radius 2 is 2.29 bits per heavy atom. The van der Waals surface area contributed by atoms with Crippen LogP contribution in [0.15, 0.2) is 17.5 Å². The Morgan fingerprint density at radius 1 is 1.53 bits per heavy atom. The molecular formula is C12H16N2O2S. The molecule has 0 unspecified atom stereocenters. The average Bonchev–Trinajstić information content (AvgIpc) is 2.67. The first-order valence-electron chi connectivity index (χ1n) is 5.21. The second-order valence-electron chi connectivity index (χ2n) is 4.26. The van der Waals surface area contributed by atoms with Crippen molar-refractivity contribution in [3.8, 4) is 11.8 Å². The van der Waals surface area contributed by atoms with Crippen molar-refractivity contribution in [3.63, 3.8) is 0 Å². The van der Waals surface area contributed by atoms with E-state index in [0.29, 0.717) is 6.54 Å². The molecule has 0 aliphatic heterocycles. The number of carbonyl (C=O) groups is 1. The Bertz CT molecular complexity index is 410. The van der Waals surface area contributed by atoms with Crippen LogP contribution in [0, 0.1) is 11.8 Å². The lowest BCUT2D eigenvalue weighted by molar-refractivity contribution is 0.0502. The van der Waals surface area contributed by atoms with Gasteiger partial charge in [0.25, 0.3) is 0 Å². The van der Waals surface area contributed by atoms with E-state index in [2.05, 4.69) is 22.7 Å². The van der Waals surface area contributed by atoms with E-state index >= 15 is 0 Å². The Morgan fingerprint density at radius 3 is 2.88 bits per heavy atom. The molecule has 5 heteroatoms. The van der Waals surface area contributed by atoms with Crippen molar-refractivity contribution in [2.75, 3.05) is 6.54 Å². The number of ether oxygens (including phenoxy) is 1. The molecule has 1 rings (SSSR count). The van der Waals surface area contributed by atoms with Gasteiger partial charge in [-0.2, -0.15) is 0 Å². The van der Waals surface area contributed by atoms with Crippen LogP contribution < -0.4 is 10.9 Å². The number of rotatable bonds is 2. The predicted octanol–water partition coefficient (Wildman–Crippen LogP) is 2.13. The molecule has 92 valence electrons. The molecule has 1 aromatic rings. The normalized spacial score (nSPS) is 10.3. The lowest BCUT2D eigenvalue weighted by Gasteiger charge is -2.19. The lowest BCUT2D eigenvalue weighted by atomic mass is 10.2. The van der Waals surface area contributed by atoms with E-state index in [0.717, 1.165) is 4.88 Å². The zero-order chi connectivity index (χ0) is 12.7. The molecule has 1 amide bonds. The van der Waals surface area contributed by atoms with Gasteiger partial charge in [-0.1, -0.05) is 17.9 Å². The van der Waals surface area contributed by atoms with Crippen LogP contribution in [0.5, 0.6) is 0 Å². The third-order valence-electron chi connectivity index (χ3n) is 1.50. The summed E-state index contributed by atoms with van der Waals surface area (Å²) < 4.78 is 5.03. The van der Waals surface area contributed by atoms with E-state index in [9.17, 15) is 4.79 Å². The lowest BCUT2D eigenvalue weighted by Crippen LogP contribution is -2.41. The highest BCUT2D eigenvalue weighted by molar-refractivity contribution is 7.10. The van der Waals surface area contributed by atoms with Crippen molar-refractivity contribution in [2.24, 2.45) is 0 Å². The van der Waals surface area contributed by atoms with Crippen LogP contribution >= 0.6 is 11.3 Å². The quantitative estimate of drug-likeness (QED) is 0.481. The predicted molar refractivity (Wildman–Crippen MR) is 68.6 cm³/mol. The fraction of sp³-hybridized carbons (Fsp3) is 0.417. The van der Waals surface area contributed by atoms with E-state index in [1.165, 1.54) is 0 Å². The van der Waals surface area contributed by atoms with Crippen molar-refractivity contribution in [3.05, 3.63) is 22.4 Å². The van der Waals surface area contributed by atoms with Crippen LogP contribution in [0.1, 0.15) is 25.6 Å². The van der Waals surface area contributed by atoms with Crippen molar-refractivity contribution in [1.29, 1.82) is 0 Å². The first kappa shape index (κ1) is 13.6. The van der Waals surface area contributed by atoms with Gasteiger partial charge in [-0.15, -0.1) is 11.3 Å². The maximum absolute atomic E-state index is 11.2. The summed E-state index contributed by atoms with van der Waals surface area (Å²) in [6, 6.07) is 3.89. The van der Waals surface area contributed by atoms with Crippen molar-refractivity contribution in [2.45, 2.75) is 26.4 Å². The molecule has 0 spiro atoms. The third-order valence-corrected chi connectivity index (χ3v) is 2.28. The second-order valence-corrected chi connectivity index (χ2v) is 5.21. The minimum Gasteiger partial charge on any atom is -0.443 e. The molecule has 0 fully saturated rings. The van der Waals surface area contributed by atoms with Gasteiger partial charge in [-0.05, 0) is 32.2 Å². The van der Waals surface area contributed by atoms with Gasteiger partial charge in [0.05, 0.1) is 11.4 Å². The van der Waals surface area contributed by atoms with Gasteiger partial charge < -0.3 is 4.74 Å². The summed E-state index contributed by atoms with van der Waals surface area (Å²) in [5.41, 5.74) is 4.59. The molecule has 0 radical (unpaired) electrons. The van der Waals surface area contributed by atoms with E-state index in [1.54, 1.807) is 11.3 Å². The third kappa shape index (κ3) is 6.61. The van der Waals surface area contributed by atoms with Crippen LogP contribution in [0.4, 0.5) is 4.79 Å². The van der Waals surface area contributed by atoms with E-state index in [1.807, 2.05) is 38.3 Å². The molecule has 0 saturated heterocycles. The summed E-state index contributed by atoms with van der Waals surface area (Å²) in [7, 11) is 0. The molecule has 17 heavy (non-hydrogen) atoms. The number of hydrogen-bond donors (Lipinski definition) is 2. The fourth-order valence-electron chi connectivity index (χ4n) is 0.945. The molecule has 0 aromatic carbocycles. The Labute approximate surface area is 105 Å². The average molecular weight is 252 g/mol. The molecular weight excluding hydrogens is 236 g/mol. The molecule has 0 bridgehead atoms. The highest BCUT2D eigenvalue weighted by Gasteiger charge is 2.15. The van der Waals surface area contributed by atoms with Crippen molar-refractivity contribution in [1.82, 2.24) is 10.9 Å². The summed E-state index contributed by atoms with van der Waals surface area (Å²) in [5.74, 6) is 5.85. The maximum Gasteiger partial charge on any atom is 0.422 e. The highest BCUT2D eigenvalue weighted by atomic mass is 32.1. The number of hydrazine groups is 1. The standard InChI is InChI=1S/C12H16N2O2S/c1-12(2,3)16-11(15)14-13-8-4-6-10-7-5-9-17-10/h5,7,9,13H,8H2,1-3H3,(H,14,15). The molecule has 0 saturated carbocycles. The van der Waals surface area contributed by atoms with Crippen molar-refractivity contribution < 1.29 is 9.53 Å². The number of thiophene rings is 1. The van der Waals surface area contributed by atoms with Crippen LogP contribution in [-0.4, -0.2) is 18.2 Å². The fourth-order valence-corrected chi connectivity index (χ4v) is 1.54. The van der Waals surface area contributed by atoms with Gasteiger partial charge in [0, 0.05) is 0 Å². The van der Waals surface area contributed by atoms with Gasteiger partial charge in [0.15, 0.2) is 0 Å². The molecule has 1 aromatic heterocycles. The molecule has 2 N–H and O–H groups in total. The summed E-state index contributed by atoms with van der Waals surface area (Å²) in [6.07, 6.45) is -0.504. The SMILES string of the molecule is CC(C)(C)OC(=O)NNCC#Cc1cccs1. The van der Waals surface area contributed by atoms with E-state index in [4.69, 9.17) is 4.74 Å². The number of nitrogens with one attached hydrogen (secondary N) is 2. The summed E-state index contributed by atoms with van der Waals surface area (Å²) in [4.78, 5) is 12.2. The molecule has 0 aliphatic rings. The molecule has 4 nitrogen and oxygen atoms in total. The molecule has 0 aliphatic carbocycles. The zero-order valence-electron chi connectivity index (χ0n) is 10.2. The van der Waals surface area contributed by atoms with E-state index in [-0.39, 0.29) is 0 Å². The zero-order valence-corrected chi connectivity index (χ0v) is 11.0. The van der Waals surface area contributed by atoms with Gasteiger partial charge in [0.1, 0.15) is 5.60 Å². The maximum atomic E-state index is 11.2. The van der Waals surface area contributed by atoms with Crippen LogP contribution in [0.25, 0.3) is 0 Å². The van der Waals surface area contributed by atoms with Crippen molar-refractivity contribution >= 4 is 17.4 Å². The van der Waals surface area contributed by atoms with Gasteiger partial charge in [0.2, 0.25) is 0 Å². The molecule has 1 heterocycles. The summed E-state index contributed by atoms with van der Waals surface area (Å²) in [5, 5.41) is 1.97. The summed E-state index contributed by atoms with van der Waals surface area (Å²) in [6.45, 7) is 5.80. The first-order valence-corrected chi connectivity index (χ1v) is 6.09. The van der Waals surface area contributed by atoms with Gasteiger partial charge >= 0.3 is 6.09 Å².